The van der Waals surface area contributed by atoms with Crippen molar-refractivity contribution in [3.8, 4) is 5.69 Å². The van der Waals surface area contributed by atoms with Gasteiger partial charge in [0.15, 0.2) is 0 Å². The number of aryl methyl sites for hydroxylation is 1. The Kier molecular flexibility index (Phi) is 2.64. The van der Waals surface area contributed by atoms with E-state index < -0.39 is 10.1 Å². The zero-order chi connectivity index (χ0) is 12.6. The van der Waals surface area contributed by atoms with Gasteiger partial charge in [0.25, 0.3) is 15.7 Å². The van der Waals surface area contributed by atoms with Crippen molar-refractivity contribution in [3.05, 3.63) is 46.4 Å². The van der Waals surface area contributed by atoms with Gasteiger partial charge >= 0.3 is 0 Å². The highest BCUT2D eigenvalue weighted by Crippen LogP contribution is 2.11. The van der Waals surface area contributed by atoms with Crippen LogP contribution in [0, 0.1) is 13.0 Å². The molecule has 17 heavy (non-hydrogen) atoms. The van der Waals surface area contributed by atoms with Crippen LogP contribution in [0.3, 0.4) is 0 Å². The summed E-state index contributed by atoms with van der Waals surface area (Å²) < 4.78 is 31.7. The maximum absolute atomic E-state index is 11.4. The Hall–Kier alpha value is -1.86. The number of hydrogen-bond donors (Lipinski definition) is 2. The number of H-pyrrole nitrogens is 1. The molecule has 0 bridgehead atoms. The van der Waals surface area contributed by atoms with Crippen molar-refractivity contribution in [2.24, 2.45) is 0 Å². The molecule has 0 amide bonds. The summed E-state index contributed by atoms with van der Waals surface area (Å²) >= 11 is 0. The van der Waals surface area contributed by atoms with Crippen LogP contribution in [0.1, 0.15) is 5.69 Å². The standard InChI is InChI=1S/C10H9N2O4S/c1-7-6-10(13)12(11-7)8-2-4-9(5-3-8)17(14,15)16/h2-5,11H,1H3,(H,14,15,16). The number of hydrogen-bond acceptors (Lipinski definition) is 3. The van der Waals surface area contributed by atoms with E-state index in [0.29, 0.717) is 11.4 Å². The lowest BCUT2D eigenvalue weighted by Crippen LogP contribution is -2.13. The maximum atomic E-state index is 11.4. The van der Waals surface area contributed by atoms with Gasteiger partial charge in [-0.3, -0.25) is 14.4 Å². The minimum atomic E-state index is -4.21. The summed E-state index contributed by atoms with van der Waals surface area (Å²) in [6, 6.07) is 7.79. The first-order valence-corrected chi connectivity index (χ1v) is 6.11. The Morgan fingerprint density at radius 3 is 2.29 bits per heavy atom. The molecule has 0 spiro atoms. The molecule has 0 aliphatic carbocycles. The Bertz CT molecular complexity index is 695. The first-order valence-electron chi connectivity index (χ1n) is 4.67. The second-order valence-corrected chi connectivity index (χ2v) is 4.89. The molecule has 1 aromatic heterocycles. The molecule has 0 saturated carbocycles. The van der Waals surface area contributed by atoms with Gasteiger partial charge in [-0.25, -0.2) is 4.68 Å². The lowest BCUT2D eigenvalue weighted by molar-refractivity contribution is 0.483. The molecule has 1 aromatic carbocycles. The van der Waals surface area contributed by atoms with Crippen LogP contribution in [0.5, 0.6) is 0 Å². The molecule has 0 unspecified atom stereocenters. The van der Waals surface area contributed by atoms with Gasteiger partial charge in [0.2, 0.25) is 0 Å². The lowest BCUT2D eigenvalue weighted by atomic mass is 10.3. The average Bonchev–Trinajstić information content (AvgIpc) is 2.57. The highest BCUT2D eigenvalue weighted by Gasteiger charge is 2.09. The van der Waals surface area contributed by atoms with Gasteiger partial charge < -0.3 is 0 Å². The highest BCUT2D eigenvalue weighted by molar-refractivity contribution is 7.85. The minimum Gasteiger partial charge on any atom is -0.295 e. The molecule has 1 radical (unpaired) electrons. The van der Waals surface area contributed by atoms with Crippen LogP contribution in [0.15, 0.2) is 34.0 Å². The Morgan fingerprint density at radius 2 is 1.88 bits per heavy atom. The zero-order valence-corrected chi connectivity index (χ0v) is 9.65. The summed E-state index contributed by atoms with van der Waals surface area (Å²) in [6.45, 7) is 1.68. The molecular weight excluding hydrogens is 244 g/mol. The third-order valence-corrected chi connectivity index (χ3v) is 3.04. The predicted molar refractivity (Wildman–Crippen MR) is 59.8 cm³/mol. The fraction of sp³-hybridized carbons (Fsp3) is 0.100. The Balaban J connectivity index is 2.50. The number of nitrogens with one attached hydrogen (secondary N) is 1. The lowest BCUT2D eigenvalue weighted by Gasteiger charge is -2.02. The summed E-state index contributed by atoms with van der Waals surface area (Å²) in [5.41, 5.74) is 0.683. The van der Waals surface area contributed by atoms with Gasteiger partial charge in [0, 0.05) is 5.69 Å². The van der Waals surface area contributed by atoms with E-state index >= 15 is 0 Å². The summed E-state index contributed by atoms with van der Waals surface area (Å²) in [7, 11) is -4.21. The summed E-state index contributed by atoms with van der Waals surface area (Å²) in [5, 5.41) is 2.76. The fourth-order valence-electron chi connectivity index (χ4n) is 1.41. The molecule has 7 heteroatoms. The number of aromatic amines is 1. The normalized spacial score (nSPS) is 11.6. The van der Waals surface area contributed by atoms with E-state index in [2.05, 4.69) is 11.2 Å². The SMILES string of the molecule is Cc1[c]c(=O)n(-c2ccc(S(=O)(=O)O)cc2)[nH]1. The number of aromatic nitrogens is 2. The molecule has 2 N–H and O–H groups in total. The summed E-state index contributed by atoms with van der Waals surface area (Å²) in [5.74, 6) is 0. The third-order valence-electron chi connectivity index (χ3n) is 2.17. The molecule has 0 aliphatic heterocycles. The molecule has 89 valence electrons. The first-order chi connectivity index (χ1) is 7.88. The number of rotatable bonds is 2. The second kappa shape index (κ2) is 3.86. The average molecular weight is 253 g/mol. The fourth-order valence-corrected chi connectivity index (χ4v) is 1.89. The molecule has 6 nitrogen and oxygen atoms in total. The van der Waals surface area contributed by atoms with Gasteiger partial charge in [-0.05, 0) is 31.2 Å². The van der Waals surface area contributed by atoms with Crippen LogP contribution in [-0.2, 0) is 10.1 Å². The van der Waals surface area contributed by atoms with Gasteiger partial charge in [-0.15, -0.1) is 0 Å². The maximum Gasteiger partial charge on any atom is 0.294 e. The van der Waals surface area contributed by atoms with Gasteiger partial charge in [-0.2, -0.15) is 8.42 Å². The van der Waals surface area contributed by atoms with E-state index in [1.54, 1.807) is 6.92 Å². The molecular formula is C10H9N2O4S. The van der Waals surface area contributed by atoms with Gasteiger partial charge in [0.1, 0.15) is 0 Å². The monoisotopic (exact) mass is 253 g/mol. The van der Waals surface area contributed by atoms with Gasteiger partial charge in [-0.1, -0.05) is 0 Å². The number of nitrogens with zero attached hydrogens (tertiary/aromatic N) is 1. The second-order valence-electron chi connectivity index (χ2n) is 3.47. The minimum absolute atomic E-state index is 0.221. The number of benzene rings is 1. The van der Waals surface area contributed by atoms with E-state index in [0.717, 1.165) is 0 Å². The van der Waals surface area contributed by atoms with Crippen molar-refractivity contribution in [2.45, 2.75) is 11.8 Å². The van der Waals surface area contributed by atoms with E-state index in [-0.39, 0.29) is 10.5 Å². The Morgan fingerprint density at radius 1 is 1.29 bits per heavy atom. The first kappa shape index (κ1) is 11.6. The van der Waals surface area contributed by atoms with Crippen LogP contribution in [0.4, 0.5) is 0 Å². The van der Waals surface area contributed by atoms with Crippen LogP contribution < -0.4 is 5.56 Å². The largest absolute Gasteiger partial charge is 0.295 e. The molecule has 0 atom stereocenters. The summed E-state index contributed by atoms with van der Waals surface area (Å²) in [4.78, 5) is 11.2. The van der Waals surface area contributed by atoms with Crippen LogP contribution in [0.25, 0.3) is 5.69 Å². The van der Waals surface area contributed by atoms with Crippen molar-refractivity contribution < 1.29 is 13.0 Å². The van der Waals surface area contributed by atoms with Crippen molar-refractivity contribution >= 4 is 10.1 Å². The quantitative estimate of drug-likeness (QED) is 0.763. The van der Waals surface area contributed by atoms with E-state index in [1.165, 1.54) is 28.9 Å². The van der Waals surface area contributed by atoms with E-state index in [1.807, 2.05) is 0 Å². The van der Waals surface area contributed by atoms with Crippen molar-refractivity contribution in [2.75, 3.05) is 0 Å². The van der Waals surface area contributed by atoms with E-state index in [9.17, 15) is 13.2 Å². The molecule has 1 heterocycles. The molecule has 0 aliphatic rings. The van der Waals surface area contributed by atoms with Gasteiger partial charge in [0.05, 0.1) is 16.6 Å². The predicted octanol–water partition coefficient (Wildman–Crippen LogP) is 0.521. The summed E-state index contributed by atoms with van der Waals surface area (Å²) in [6.07, 6.45) is 0. The smallest absolute Gasteiger partial charge is 0.294 e. The molecule has 0 saturated heterocycles. The van der Waals surface area contributed by atoms with Crippen molar-refractivity contribution in [1.82, 2.24) is 9.78 Å². The van der Waals surface area contributed by atoms with Crippen LogP contribution in [0.2, 0.25) is 0 Å². The van der Waals surface area contributed by atoms with E-state index in [4.69, 9.17) is 4.55 Å². The van der Waals surface area contributed by atoms with Crippen molar-refractivity contribution in [3.63, 3.8) is 0 Å². The highest BCUT2D eigenvalue weighted by atomic mass is 32.2. The Labute approximate surface area is 97.3 Å². The molecule has 2 aromatic rings. The third kappa shape index (κ3) is 2.29. The zero-order valence-electron chi connectivity index (χ0n) is 8.84. The van der Waals surface area contributed by atoms with Crippen LogP contribution in [-0.4, -0.2) is 22.8 Å². The van der Waals surface area contributed by atoms with Crippen LogP contribution >= 0.6 is 0 Å². The molecule has 2 rings (SSSR count). The van der Waals surface area contributed by atoms with Crippen molar-refractivity contribution in [1.29, 1.82) is 0 Å². The topological polar surface area (TPSA) is 92.2 Å². The molecule has 0 fully saturated rings.